The minimum absolute atomic E-state index is 0.427. The molecule has 0 aliphatic rings. The molecule has 3 aromatic rings. The van der Waals surface area contributed by atoms with Crippen molar-refractivity contribution in [1.29, 1.82) is 5.26 Å². The Hall–Kier alpha value is -2.81. The fourth-order valence-corrected chi connectivity index (χ4v) is 2.09. The Balaban J connectivity index is 2.11. The lowest BCUT2D eigenvalue weighted by molar-refractivity contribution is 0.717. The van der Waals surface area contributed by atoms with Gasteiger partial charge in [0, 0.05) is 13.2 Å². The molecule has 2 heterocycles. The first-order chi connectivity index (χ1) is 9.17. The zero-order chi connectivity index (χ0) is 13.4. The lowest BCUT2D eigenvalue weighted by atomic mass is 10.2. The Morgan fingerprint density at radius 1 is 1.37 bits per heavy atom. The van der Waals surface area contributed by atoms with Crippen molar-refractivity contribution < 1.29 is 0 Å². The van der Waals surface area contributed by atoms with Crippen molar-refractivity contribution in [2.24, 2.45) is 7.05 Å². The Labute approximate surface area is 109 Å². The quantitative estimate of drug-likeness (QED) is 0.744. The third-order valence-corrected chi connectivity index (χ3v) is 3.00. The summed E-state index contributed by atoms with van der Waals surface area (Å²) in [6, 6.07) is 9.39. The predicted octanol–water partition coefficient (Wildman–Crippen LogP) is 1.27. The topological polar surface area (TPSA) is 85.5 Å². The van der Waals surface area contributed by atoms with Crippen LogP contribution in [0.5, 0.6) is 0 Å². The first-order valence-corrected chi connectivity index (χ1v) is 5.82. The van der Waals surface area contributed by atoms with E-state index in [4.69, 9.17) is 11.0 Å². The summed E-state index contributed by atoms with van der Waals surface area (Å²) < 4.78 is 3.60. The third-order valence-electron chi connectivity index (χ3n) is 3.00. The van der Waals surface area contributed by atoms with Crippen molar-refractivity contribution in [2.45, 2.75) is 6.54 Å². The van der Waals surface area contributed by atoms with E-state index in [9.17, 15) is 0 Å². The molecular weight excluding hydrogens is 240 g/mol. The number of anilines is 1. The van der Waals surface area contributed by atoms with Gasteiger partial charge in [0.05, 0.1) is 34.9 Å². The number of aromatic nitrogens is 4. The second-order valence-electron chi connectivity index (χ2n) is 4.35. The summed E-state index contributed by atoms with van der Waals surface area (Å²) in [6.45, 7) is 0.540. The number of imidazole rings is 1. The van der Waals surface area contributed by atoms with Crippen LogP contribution in [0.1, 0.15) is 11.3 Å². The van der Waals surface area contributed by atoms with E-state index in [1.54, 1.807) is 22.9 Å². The van der Waals surface area contributed by atoms with E-state index in [1.807, 2.05) is 23.9 Å². The molecule has 3 rings (SSSR count). The second-order valence-corrected chi connectivity index (χ2v) is 4.35. The summed E-state index contributed by atoms with van der Waals surface area (Å²) in [5.41, 5.74) is 9.06. The molecule has 0 fully saturated rings. The fourth-order valence-electron chi connectivity index (χ4n) is 2.09. The summed E-state index contributed by atoms with van der Waals surface area (Å²) in [6.07, 6.45) is 1.88. The van der Waals surface area contributed by atoms with E-state index in [2.05, 4.69) is 16.2 Å². The number of nitriles is 1. The summed E-state index contributed by atoms with van der Waals surface area (Å²) in [4.78, 5) is 4.29. The molecule has 0 spiro atoms. The first-order valence-electron chi connectivity index (χ1n) is 5.82. The van der Waals surface area contributed by atoms with Gasteiger partial charge in [0.25, 0.3) is 0 Å². The van der Waals surface area contributed by atoms with Crippen molar-refractivity contribution in [3.8, 4) is 6.07 Å². The number of nitrogen functional groups attached to an aromatic ring is 1. The van der Waals surface area contributed by atoms with Crippen molar-refractivity contribution >= 4 is 17.0 Å². The lowest BCUT2D eigenvalue weighted by Crippen LogP contribution is -2.05. The van der Waals surface area contributed by atoms with Gasteiger partial charge in [-0.05, 0) is 24.3 Å². The van der Waals surface area contributed by atoms with Crippen LogP contribution in [0.15, 0.2) is 30.5 Å². The molecule has 0 aliphatic heterocycles. The summed E-state index contributed by atoms with van der Waals surface area (Å²) in [5.74, 6) is 0.427. The molecule has 0 saturated heterocycles. The van der Waals surface area contributed by atoms with Crippen LogP contribution in [-0.4, -0.2) is 19.3 Å². The highest BCUT2D eigenvalue weighted by Gasteiger charge is 2.10. The van der Waals surface area contributed by atoms with Crippen LogP contribution in [0, 0.1) is 11.3 Å². The molecule has 2 aromatic heterocycles. The average molecular weight is 252 g/mol. The van der Waals surface area contributed by atoms with Gasteiger partial charge in [0.1, 0.15) is 0 Å². The highest BCUT2D eigenvalue weighted by atomic mass is 15.3. The maximum atomic E-state index is 8.96. The van der Waals surface area contributed by atoms with Gasteiger partial charge in [-0.3, -0.25) is 4.68 Å². The zero-order valence-corrected chi connectivity index (χ0v) is 10.4. The van der Waals surface area contributed by atoms with E-state index in [-0.39, 0.29) is 0 Å². The van der Waals surface area contributed by atoms with Crippen molar-refractivity contribution in [2.75, 3.05) is 5.73 Å². The van der Waals surface area contributed by atoms with Gasteiger partial charge in [-0.15, -0.1) is 0 Å². The number of benzene rings is 1. The number of hydrogen-bond donors (Lipinski definition) is 1. The van der Waals surface area contributed by atoms with Gasteiger partial charge in [-0.1, -0.05) is 0 Å². The Morgan fingerprint density at radius 2 is 2.21 bits per heavy atom. The SMILES string of the molecule is Cn1ccc(Cn2c(N)nc3ccc(C#N)cc32)n1. The molecule has 0 saturated carbocycles. The van der Waals surface area contributed by atoms with E-state index >= 15 is 0 Å². The maximum absolute atomic E-state index is 8.96. The average Bonchev–Trinajstić information content (AvgIpc) is 2.94. The van der Waals surface area contributed by atoms with Crippen LogP contribution >= 0.6 is 0 Å². The minimum Gasteiger partial charge on any atom is -0.369 e. The largest absolute Gasteiger partial charge is 0.369 e. The van der Waals surface area contributed by atoms with Crippen LogP contribution < -0.4 is 5.73 Å². The smallest absolute Gasteiger partial charge is 0.201 e. The van der Waals surface area contributed by atoms with Crippen molar-refractivity contribution in [3.05, 3.63) is 41.7 Å². The van der Waals surface area contributed by atoms with Crippen LogP contribution in [-0.2, 0) is 13.6 Å². The van der Waals surface area contributed by atoms with E-state index in [0.717, 1.165) is 16.7 Å². The molecule has 19 heavy (non-hydrogen) atoms. The molecule has 0 radical (unpaired) electrons. The van der Waals surface area contributed by atoms with Gasteiger partial charge in [0.15, 0.2) is 0 Å². The summed E-state index contributed by atoms with van der Waals surface area (Å²) in [5, 5.41) is 13.3. The Bertz CT molecular complexity index is 789. The van der Waals surface area contributed by atoms with E-state index in [0.29, 0.717) is 18.1 Å². The molecule has 6 nitrogen and oxygen atoms in total. The Kier molecular flexibility index (Phi) is 2.46. The summed E-state index contributed by atoms with van der Waals surface area (Å²) >= 11 is 0. The second kappa shape index (κ2) is 4.14. The van der Waals surface area contributed by atoms with Crippen LogP contribution in [0.4, 0.5) is 5.95 Å². The molecule has 0 amide bonds. The Morgan fingerprint density at radius 3 is 2.89 bits per heavy atom. The van der Waals surface area contributed by atoms with Gasteiger partial charge >= 0.3 is 0 Å². The van der Waals surface area contributed by atoms with Crippen LogP contribution in [0.25, 0.3) is 11.0 Å². The molecule has 6 heteroatoms. The fraction of sp³-hybridized carbons (Fsp3) is 0.154. The minimum atomic E-state index is 0.427. The van der Waals surface area contributed by atoms with Gasteiger partial charge in [-0.25, -0.2) is 4.98 Å². The molecule has 0 bridgehead atoms. The predicted molar refractivity (Wildman–Crippen MR) is 71.2 cm³/mol. The molecule has 0 unspecified atom stereocenters. The maximum Gasteiger partial charge on any atom is 0.201 e. The highest BCUT2D eigenvalue weighted by Crippen LogP contribution is 2.20. The standard InChI is InChI=1S/C13H12N6/c1-18-5-4-10(17-18)8-19-12-6-9(7-14)2-3-11(12)16-13(19)15/h2-6H,8H2,1H3,(H2,15,16). The monoisotopic (exact) mass is 252 g/mol. The molecule has 0 atom stereocenters. The number of fused-ring (bicyclic) bond motifs is 1. The van der Waals surface area contributed by atoms with Crippen LogP contribution in [0.3, 0.4) is 0 Å². The number of aryl methyl sites for hydroxylation is 1. The van der Waals surface area contributed by atoms with Gasteiger partial charge < -0.3 is 10.3 Å². The molecule has 1 aromatic carbocycles. The van der Waals surface area contributed by atoms with Gasteiger partial charge in [0.2, 0.25) is 5.95 Å². The lowest BCUT2D eigenvalue weighted by Gasteiger charge is -2.04. The third kappa shape index (κ3) is 1.91. The van der Waals surface area contributed by atoms with Crippen LogP contribution in [0.2, 0.25) is 0 Å². The van der Waals surface area contributed by atoms with Crippen molar-refractivity contribution in [3.63, 3.8) is 0 Å². The van der Waals surface area contributed by atoms with E-state index in [1.165, 1.54) is 0 Å². The summed E-state index contributed by atoms with van der Waals surface area (Å²) in [7, 11) is 1.87. The normalized spacial score (nSPS) is 10.7. The molecule has 0 aliphatic carbocycles. The molecule has 94 valence electrons. The number of nitrogens with zero attached hydrogens (tertiary/aromatic N) is 5. The highest BCUT2D eigenvalue weighted by molar-refractivity contribution is 5.79. The molecule has 2 N–H and O–H groups in total. The number of rotatable bonds is 2. The number of nitrogens with two attached hydrogens (primary N) is 1. The van der Waals surface area contributed by atoms with Gasteiger partial charge in [-0.2, -0.15) is 10.4 Å². The molecular formula is C13H12N6. The first kappa shape index (κ1) is 11.3. The zero-order valence-electron chi connectivity index (χ0n) is 10.4. The van der Waals surface area contributed by atoms with E-state index < -0.39 is 0 Å². The van der Waals surface area contributed by atoms with Crippen molar-refractivity contribution in [1.82, 2.24) is 19.3 Å². The number of hydrogen-bond acceptors (Lipinski definition) is 4.